The van der Waals surface area contributed by atoms with Crippen LogP contribution in [0.5, 0.6) is 0 Å². The topological polar surface area (TPSA) is 82.8 Å². The molecule has 126 valence electrons. The summed E-state index contributed by atoms with van der Waals surface area (Å²) < 4.78 is 30.2. The number of aliphatic hydroxyl groups is 1. The van der Waals surface area contributed by atoms with Crippen LogP contribution in [0, 0.1) is 0 Å². The third kappa shape index (κ3) is 5.72. The highest BCUT2D eigenvalue weighted by Gasteiger charge is 2.25. The Morgan fingerprint density at radius 2 is 2.27 bits per heavy atom. The van der Waals surface area contributed by atoms with Crippen molar-refractivity contribution in [3.8, 4) is 0 Å². The maximum Gasteiger partial charge on any atom is 0.208 e. The van der Waals surface area contributed by atoms with Crippen LogP contribution in [0.4, 0.5) is 0 Å². The third-order valence-electron chi connectivity index (χ3n) is 4.13. The zero-order valence-electron chi connectivity index (χ0n) is 13.1. The van der Waals surface area contributed by atoms with Crippen molar-refractivity contribution in [2.24, 2.45) is 0 Å². The average Bonchev–Trinajstić information content (AvgIpc) is 2.89. The Balaban J connectivity index is 1.92. The van der Waals surface area contributed by atoms with Crippen LogP contribution in [0.2, 0.25) is 0 Å². The van der Waals surface area contributed by atoms with Crippen molar-refractivity contribution in [2.75, 3.05) is 25.9 Å². The number of furan rings is 1. The summed E-state index contributed by atoms with van der Waals surface area (Å²) in [6, 6.07) is 3.82. The van der Waals surface area contributed by atoms with Gasteiger partial charge in [0.15, 0.2) is 0 Å². The Morgan fingerprint density at radius 1 is 1.45 bits per heavy atom. The summed E-state index contributed by atoms with van der Waals surface area (Å²) in [4.78, 5) is 2.29. The normalized spacial score (nSPS) is 22.4. The Kier molecular flexibility index (Phi) is 6.43. The van der Waals surface area contributed by atoms with Crippen LogP contribution in [-0.4, -0.2) is 50.4 Å². The van der Waals surface area contributed by atoms with E-state index in [4.69, 9.17) is 4.42 Å². The summed E-state index contributed by atoms with van der Waals surface area (Å²) in [5, 5.41) is 10.3. The van der Waals surface area contributed by atoms with Gasteiger partial charge < -0.3 is 9.52 Å². The fraction of sp³-hybridized carbons (Fsp3) is 0.733. The number of nitrogens with one attached hydrogen (secondary N) is 1. The average molecular weight is 330 g/mol. The molecule has 0 aliphatic carbocycles. The van der Waals surface area contributed by atoms with Gasteiger partial charge in [-0.15, -0.1) is 0 Å². The summed E-state index contributed by atoms with van der Waals surface area (Å²) in [6.07, 6.45) is 7.22. The molecule has 1 aromatic heterocycles. The zero-order chi connectivity index (χ0) is 16.0. The smallest absolute Gasteiger partial charge is 0.208 e. The molecule has 2 rings (SSSR count). The SMILES string of the molecule is CS(=O)(=O)NCCN1CCCCC[C@H]1C[C@@H](O)c1ccco1. The number of sulfonamides is 1. The molecule has 0 radical (unpaired) electrons. The highest BCUT2D eigenvalue weighted by atomic mass is 32.2. The molecule has 7 heteroatoms. The minimum absolute atomic E-state index is 0.254. The second-order valence-electron chi connectivity index (χ2n) is 5.97. The lowest BCUT2D eigenvalue weighted by molar-refractivity contribution is 0.0872. The van der Waals surface area contributed by atoms with Gasteiger partial charge in [0.05, 0.1) is 12.5 Å². The second-order valence-corrected chi connectivity index (χ2v) is 7.81. The lowest BCUT2D eigenvalue weighted by atomic mass is 10.0. The molecule has 1 fully saturated rings. The molecule has 22 heavy (non-hydrogen) atoms. The lowest BCUT2D eigenvalue weighted by Gasteiger charge is -2.31. The monoisotopic (exact) mass is 330 g/mol. The minimum atomic E-state index is -3.15. The Hall–Kier alpha value is -0.890. The summed E-state index contributed by atoms with van der Waals surface area (Å²) in [5.41, 5.74) is 0. The Bertz CT molecular complexity index is 530. The molecule has 0 spiro atoms. The molecule has 0 bridgehead atoms. The van der Waals surface area contributed by atoms with Crippen LogP contribution in [0.25, 0.3) is 0 Å². The van der Waals surface area contributed by atoms with Crippen LogP contribution in [-0.2, 0) is 10.0 Å². The standard InChI is InChI=1S/C15H26N2O4S/c1-22(19,20)16-8-10-17-9-4-2-3-6-13(17)12-14(18)15-7-5-11-21-15/h5,7,11,13-14,16,18H,2-4,6,8-10,12H2,1H3/t13-,14+/m0/s1. The van der Waals surface area contributed by atoms with Gasteiger partial charge in [0.25, 0.3) is 0 Å². The van der Waals surface area contributed by atoms with Crippen LogP contribution in [0.15, 0.2) is 22.8 Å². The minimum Gasteiger partial charge on any atom is -0.467 e. The molecular weight excluding hydrogens is 304 g/mol. The van der Waals surface area contributed by atoms with Crippen molar-refractivity contribution >= 4 is 10.0 Å². The van der Waals surface area contributed by atoms with Crippen LogP contribution < -0.4 is 4.72 Å². The molecule has 2 atom stereocenters. The molecule has 1 saturated heterocycles. The third-order valence-corrected chi connectivity index (χ3v) is 4.86. The van der Waals surface area contributed by atoms with E-state index in [9.17, 15) is 13.5 Å². The number of rotatable bonds is 7. The van der Waals surface area contributed by atoms with Gasteiger partial charge in [0.2, 0.25) is 10.0 Å². The molecule has 0 saturated carbocycles. The fourth-order valence-corrected chi connectivity index (χ4v) is 3.49. The number of nitrogens with zero attached hydrogens (tertiary/aromatic N) is 1. The highest BCUT2D eigenvalue weighted by Crippen LogP contribution is 2.26. The van der Waals surface area contributed by atoms with Crippen LogP contribution >= 0.6 is 0 Å². The summed E-state index contributed by atoms with van der Waals surface area (Å²) in [7, 11) is -3.15. The fourth-order valence-electron chi connectivity index (χ4n) is 3.03. The first kappa shape index (κ1) is 17.5. The predicted molar refractivity (Wildman–Crippen MR) is 85.0 cm³/mol. The van der Waals surface area contributed by atoms with E-state index in [0.717, 1.165) is 25.8 Å². The van der Waals surface area contributed by atoms with E-state index in [2.05, 4.69) is 9.62 Å². The van der Waals surface area contributed by atoms with Gasteiger partial charge in [-0.3, -0.25) is 4.90 Å². The first-order valence-corrected chi connectivity index (χ1v) is 9.75. The summed E-state index contributed by atoms with van der Waals surface area (Å²) in [6.45, 7) is 2.02. The molecule has 1 aliphatic heterocycles. The van der Waals surface area contributed by atoms with Gasteiger partial charge in [0.1, 0.15) is 11.9 Å². The molecule has 6 nitrogen and oxygen atoms in total. The molecule has 2 N–H and O–H groups in total. The maximum absolute atomic E-state index is 11.2. The molecular formula is C15H26N2O4S. The molecule has 2 heterocycles. The van der Waals surface area contributed by atoms with E-state index >= 15 is 0 Å². The van der Waals surface area contributed by atoms with E-state index in [1.807, 2.05) is 0 Å². The maximum atomic E-state index is 11.2. The van der Waals surface area contributed by atoms with Crippen molar-refractivity contribution in [1.82, 2.24) is 9.62 Å². The summed E-state index contributed by atoms with van der Waals surface area (Å²) in [5.74, 6) is 0.596. The second kappa shape index (κ2) is 8.10. The van der Waals surface area contributed by atoms with Crippen molar-refractivity contribution < 1.29 is 17.9 Å². The van der Waals surface area contributed by atoms with Gasteiger partial charge >= 0.3 is 0 Å². The van der Waals surface area contributed by atoms with Gasteiger partial charge in [0, 0.05) is 19.1 Å². The van der Waals surface area contributed by atoms with Gasteiger partial charge in [-0.2, -0.15) is 0 Å². The largest absolute Gasteiger partial charge is 0.467 e. The molecule has 1 aliphatic rings. The van der Waals surface area contributed by atoms with Gasteiger partial charge in [-0.1, -0.05) is 12.8 Å². The molecule has 0 amide bonds. The zero-order valence-corrected chi connectivity index (χ0v) is 13.9. The number of hydrogen-bond acceptors (Lipinski definition) is 5. The number of hydrogen-bond donors (Lipinski definition) is 2. The van der Waals surface area contributed by atoms with Crippen LogP contribution in [0.3, 0.4) is 0 Å². The predicted octanol–water partition coefficient (Wildman–Crippen LogP) is 1.50. The molecule has 1 aromatic rings. The van der Waals surface area contributed by atoms with E-state index < -0.39 is 16.1 Å². The number of likely N-dealkylation sites (tertiary alicyclic amines) is 1. The number of aliphatic hydroxyl groups excluding tert-OH is 1. The van der Waals surface area contributed by atoms with E-state index in [1.165, 1.54) is 12.7 Å². The van der Waals surface area contributed by atoms with Crippen molar-refractivity contribution in [2.45, 2.75) is 44.2 Å². The lowest BCUT2D eigenvalue weighted by Crippen LogP contribution is -2.41. The van der Waals surface area contributed by atoms with E-state index in [0.29, 0.717) is 25.3 Å². The highest BCUT2D eigenvalue weighted by molar-refractivity contribution is 7.88. The first-order chi connectivity index (χ1) is 10.5. The first-order valence-electron chi connectivity index (χ1n) is 7.86. The van der Waals surface area contributed by atoms with Crippen molar-refractivity contribution in [1.29, 1.82) is 0 Å². The van der Waals surface area contributed by atoms with Gasteiger partial charge in [-0.25, -0.2) is 13.1 Å². The quantitative estimate of drug-likeness (QED) is 0.791. The van der Waals surface area contributed by atoms with Crippen LogP contribution in [0.1, 0.15) is 44.0 Å². The Labute approximate surface area is 132 Å². The van der Waals surface area contributed by atoms with Crippen molar-refractivity contribution in [3.05, 3.63) is 24.2 Å². The molecule has 0 unspecified atom stereocenters. The summed E-state index contributed by atoms with van der Waals surface area (Å²) >= 11 is 0. The van der Waals surface area contributed by atoms with E-state index in [1.54, 1.807) is 18.4 Å². The van der Waals surface area contributed by atoms with Crippen molar-refractivity contribution in [3.63, 3.8) is 0 Å². The Morgan fingerprint density at radius 3 is 2.95 bits per heavy atom. The van der Waals surface area contributed by atoms with E-state index in [-0.39, 0.29) is 6.04 Å². The molecule has 0 aromatic carbocycles. The van der Waals surface area contributed by atoms with Gasteiger partial charge in [-0.05, 0) is 37.9 Å².